The average Bonchev–Trinajstić information content (AvgIpc) is 2.44. The number of aryl methyl sites for hydroxylation is 1. The molecule has 106 valence electrons. The summed E-state index contributed by atoms with van der Waals surface area (Å²) in [4.78, 5) is 0. The SMILES string of the molecule is CC/C=C\CC(C)c1ccc(OCCC)cc1CC. The van der Waals surface area contributed by atoms with Crippen molar-refractivity contribution < 1.29 is 4.74 Å². The molecule has 1 atom stereocenters. The van der Waals surface area contributed by atoms with Gasteiger partial charge < -0.3 is 4.74 Å². The highest BCUT2D eigenvalue weighted by Gasteiger charge is 2.09. The second-order valence-electron chi connectivity index (χ2n) is 5.08. The molecule has 0 N–H and O–H groups in total. The molecule has 1 rings (SSSR count). The van der Waals surface area contributed by atoms with Crippen LogP contribution in [-0.2, 0) is 6.42 Å². The van der Waals surface area contributed by atoms with Crippen molar-refractivity contribution in [2.24, 2.45) is 0 Å². The summed E-state index contributed by atoms with van der Waals surface area (Å²) in [6.45, 7) is 9.64. The van der Waals surface area contributed by atoms with Crippen LogP contribution in [0.3, 0.4) is 0 Å². The molecule has 0 aromatic heterocycles. The van der Waals surface area contributed by atoms with Crippen LogP contribution in [0, 0.1) is 0 Å². The van der Waals surface area contributed by atoms with Gasteiger partial charge in [0.1, 0.15) is 5.75 Å². The van der Waals surface area contributed by atoms with Gasteiger partial charge in [-0.25, -0.2) is 0 Å². The highest BCUT2D eigenvalue weighted by Crippen LogP contribution is 2.27. The highest BCUT2D eigenvalue weighted by atomic mass is 16.5. The summed E-state index contributed by atoms with van der Waals surface area (Å²) >= 11 is 0. The van der Waals surface area contributed by atoms with E-state index in [1.54, 1.807) is 0 Å². The molecule has 1 nitrogen and oxygen atoms in total. The van der Waals surface area contributed by atoms with Crippen LogP contribution < -0.4 is 4.74 Å². The topological polar surface area (TPSA) is 9.23 Å². The van der Waals surface area contributed by atoms with Crippen molar-refractivity contribution in [2.45, 2.75) is 59.3 Å². The predicted octanol–water partition coefficient (Wildman–Crippen LogP) is 5.50. The van der Waals surface area contributed by atoms with Crippen LogP contribution in [0.5, 0.6) is 5.75 Å². The van der Waals surface area contributed by atoms with Crippen molar-refractivity contribution in [3.63, 3.8) is 0 Å². The van der Waals surface area contributed by atoms with Crippen LogP contribution in [0.15, 0.2) is 30.4 Å². The first kappa shape index (κ1) is 15.8. The van der Waals surface area contributed by atoms with E-state index in [-0.39, 0.29) is 0 Å². The fourth-order valence-corrected chi connectivity index (χ4v) is 2.27. The zero-order valence-corrected chi connectivity index (χ0v) is 12.9. The lowest BCUT2D eigenvalue weighted by molar-refractivity contribution is 0.317. The number of hydrogen-bond acceptors (Lipinski definition) is 1. The van der Waals surface area contributed by atoms with Gasteiger partial charge >= 0.3 is 0 Å². The van der Waals surface area contributed by atoms with Crippen molar-refractivity contribution >= 4 is 0 Å². The summed E-state index contributed by atoms with van der Waals surface area (Å²) < 4.78 is 5.72. The maximum atomic E-state index is 5.72. The van der Waals surface area contributed by atoms with Gasteiger partial charge in [-0.15, -0.1) is 0 Å². The van der Waals surface area contributed by atoms with Crippen LogP contribution in [0.4, 0.5) is 0 Å². The monoisotopic (exact) mass is 260 g/mol. The van der Waals surface area contributed by atoms with Gasteiger partial charge in [-0.1, -0.05) is 45.9 Å². The first-order valence-electron chi connectivity index (χ1n) is 7.63. The largest absolute Gasteiger partial charge is 0.494 e. The minimum absolute atomic E-state index is 0.581. The normalized spacial score (nSPS) is 12.8. The first-order chi connectivity index (χ1) is 9.22. The minimum atomic E-state index is 0.581. The van der Waals surface area contributed by atoms with E-state index in [4.69, 9.17) is 4.74 Å². The van der Waals surface area contributed by atoms with Gasteiger partial charge in [-0.05, 0) is 54.9 Å². The highest BCUT2D eigenvalue weighted by molar-refractivity contribution is 5.38. The molecule has 0 radical (unpaired) electrons. The van der Waals surface area contributed by atoms with E-state index in [9.17, 15) is 0 Å². The Labute approximate surface area is 118 Å². The predicted molar refractivity (Wildman–Crippen MR) is 84.1 cm³/mol. The Morgan fingerprint density at radius 2 is 1.95 bits per heavy atom. The second-order valence-corrected chi connectivity index (χ2v) is 5.08. The van der Waals surface area contributed by atoms with Gasteiger partial charge in [-0.2, -0.15) is 0 Å². The summed E-state index contributed by atoms with van der Waals surface area (Å²) in [6, 6.07) is 6.57. The number of allylic oxidation sites excluding steroid dienone is 2. The van der Waals surface area contributed by atoms with E-state index in [0.717, 1.165) is 38.0 Å². The number of benzene rings is 1. The van der Waals surface area contributed by atoms with E-state index < -0.39 is 0 Å². The minimum Gasteiger partial charge on any atom is -0.494 e. The van der Waals surface area contributed by atoms with Crippen LogP contribution >= 0.6 is 0 Å². The second kappa shape index (κ2) is 8.79. The molecule has 0 aliphatic heterocycles. The first-order valence-corrected chi connectivity index (χ1v) is 7.63. The van der Waals surface area contributed by atoms with E-state index in [1.807, 2.05) is 0 Å². The zero-order chi connectivity index (χ0) is 14.1. The summed E-state index contributed by atoms with van der Waals surface area (Å²) in [5, 5.41) is 0. The molecule has 1 aromatic carbocycles. The molecule has 0 aliphatic rings. The lowest BCUT2D eigenvalue weighted by atomic mass is 9.91. The van der Waals surface area contributed by atoms with Gasteiger partial charge in [0.25, 0.3) is 0 Å². The molecule has 0 amide bonds. The van der Waals surface area contributed by atoms with Crippen molar-refractivity contribution in [1.29, 1.82) is 0 Å². The molecule has 0 fully saturated rings. The summed E-state index contributed by atoms with van der Waals surface area (Å²) in [5.74, 6) is 1.59. The number of rotatable bonds is 8. The van der Waals surface area contributed by atoms with E-state index in [0.29, 0.717) is 5.92 Å². The van der Waals surface area contributed by atoms with Gasteiger partial charge in [0, 0.05) is 0 Å². The molecule has 0 aliphatic carbocycles. The maximum absolute atomic E-state index is 5.72. The molecular formula is C18H28O. The quantitative estimate of drug-likeness (QED) is 0.561. The Morgan fingerprint density at radius 3 is 2.58 bits per heavy atom. The van der Waals surface area contributed by atoms with Crippen LogP contribution in [0.1, 0.15) is 64.0 Å². The molecule has 0 spiro atoms. The van der Waals surface area contributed by atoms with Crippen molar-refractivity contribution in [2.75, 3.05) is 6.61 Å². The van der Waals surface area contributed by atoms with Crippen LogP contribution in [0.25, 0.3) is 0 Å². The molecule has 0 bridgehead atoms. The molecule has 1 heteroatoms. The van der Waals surface area contributed by atoms with Crippen molar-refractivity contribution in [3.05, 3.63) is 41.5 Å². The van der Waals surface area contributed by atoms with Crippen LogP contribution in [-0.4, -0.2) is 6.61 Å². The van der Waals surface area contributed by atoms with Gasteiger partial charge in [0.2, 0.25) is 0 Å². The summed E-state index contributed by atoms with van der Waals surface area (Å²) in [7, 11) is 0. The maximum Gasteiger partial charge on any atom is 0.119 e. The smallest absolute Gasteiger partial charge is 0.119 e. The lowest BCUT2D eigenvalue weighted by Crippen LogP contribution is -2.01. The Hall–Kier alpha value is -1.24. The molecule has 19 heavy (non-hydrogen) atoms. The molecule has 0 heterocycles. The third-order valence-electron chi connectivity index (χ3n) is 3.39. The van der Waals surface area contributed by atoms with E-state index >= 15 is 0 Å². The Kier molecular flexibility index (Phi) is 7.32. The Balaban J connectivity index is 2.79. The number of ether oxygens (including phenoxy) is 1. The molecule has 1 unspecified atom stereocenters. The van der Waals surface area contributed by atoms with Gasteiger partial charge in [-0.3, -0.25) is 0 Å². The number of hydrogen-bond donors (Lipinski definition) is 0. The fraction of sp³-hybridized carbons (Fsp3) is 0.556. The lowest BCUT2D eigenvalue weighted by Gasteiger charge is -2.16. The molecular weight excluding hydrogens is 232 g/mol. The molecule has 0 saturated carbocycles. The Morgan fingerprint density at radius 1 is 1.16 bits per heavy atom. The average molecular weight is 260 g/mol. The van der Waals surface area contributed by atoms with Gasteiger partial charge in [0.05, 0.1) is 6.61 Å². The third-order valence-corrected chi connectivity index (χ3v) is 3.39. The molecule has 1 aromatic rings. The summed E-state index contributed by atoms with van der Waals surface area (Å²) in [5.41, 5.74) is 2.89. The van der Waals surface area contributed by atoms with Gasteiger partial charge in [0.15, 0.2) is 0 Å². The standard InChI is InChI=1S/C18H28O/c1-5-8-9-10-15(4)18-12-11-17(19-13-6-2)14-16(18)7-3/h8-9,11-12,14-15H,5-7,10,13H2,1-4H3/b9-8-. The molecule has 0 saturated heterocycles. The zero-order valence-electron chi connectivity index (χ0n) is 12.9. The third kappa shape index (κ3) is 5.10. The fourth-order valence-electron chi connectivity index (χ4n) is 2.27. The van der Waals surface area contributed by atoms with Crippen molar-refractivity contribution in [3.8, 4) is 5.75 Å². The summed E-state index contributed by atoms with van der Waals surface area (Å²) in [6.07, 6.45) is 8.92. The van der Waals surface area contributed by atoms with E-state index in [2.05, 4.69) is 58.0 Å². The van der Waals surface area contributed by atoms with Crippen molar-refractivity contribution in [1.82, 2.24) is 0 Å². The Bertz CT molecular complexity index is 393. The van der Waals surface area contributed by atoms with E-state index in [1.165, 1.54) is 11.1 Å². The van der Waals surface area contributed by atoms with Crippen LogP contribution in [0.2, 0.25) is 0 Å².